The summed E-state index contributed by atoms with van der Waals surface area (Å²) in [6.07, 6.45) is 5.03. The van der Waals surface area contributed by atoms with Crippen molar-refractivity contribution in [1.82, 2.24) is 14.5 Å². The van der Waals surface area contributed by atoms with E-state index < -0.39 is 0 Å². The van der Waals surface area contributed by atoms with Gasteiger partial charge in [0, 0.05) is 11.7 Å². The summed E-state index contributed by atoms with van der Waals surface area (Å²) in [6.45, 7) is 4.37. The summed E-state index contributed by atoms with van der Waals surface area (Å²) in [5, 5.41) is 0. The molecule has 2 aromatic heterocycles. The van der Waals surface area contributed by atoms with Crippen LogP contribution in [0.5, 0.6) is 0 Å². The van der Waals surface area contributed by atoms with E-state index in [1.165, 1.54) is 25.7 Å². The molecule has 0 saturated heterocycles. The molecule has 0 amide bonds. The zero-order chi connectivity index (χ0) is 12.7. The van der Waals surface area contributed by atoms with Crippen molar-refractivity contribution in [3.8, 4) is 0 Å². The quantitative estimate of drug-likeness (QED) is 0.782. The van der Waals surface area contributed by atoms with E-state index in [4.69, 9.17) is 12.2 Å². The summed E-state index contributed by atoms with van der Waals surface area (Å²) in [5.41, 5.74) is 3.14. The highest BCUT2D eigenvalue weighted by molar-refractivity contribution is 7.71. The number of aryl methyl sites for hydroxylation is 1. The van der Waals surface area contributed by atoms with Crippen molar-refractivity contribution in [2.45, 2.75) is 45.6 Å². The number of aromatic nitrogens is 3. The van der Waals surface area contributed by atoms with Crippen LogP contribution in [0.15, 0.2) is 12.1 Å². The molecule has 0 unspecified atom stereocenters. The first-order valence-electron chi connectivity index (χ1n) is 6.73. The number of imidazole rings is 1. The van der Waals surface area contributed by atoms with Gasteiger partial charge in [0.05, 0.1) is 5.52 Å². The molecule has 0 bridgehead atoms. The lowest BCUT2D eigenvalue weighted by molar-refractivity contribution is 0.291. The first-order chi connectivity index (χ1) is 8.65. The molecule has 0 radical (unpaired) electrons. The van der Waals surface area contributed by atoms with Gasteiger partial charge in [-0.1, -0.05) is 6.92 Å². The van der Waals surface area contributed by atoms with Gasteiger partial charge in [0.15, 0.2) is 10.4 Å². The maximum atomic E-state index is 5.47. The van der Waals surface area contributed by atoms with Gasteiger partial charge < -0.3 is 4.98 Å². The van der Waals surface area contributed by atoms with Crippen LogP contribution in [-0.4, -0.2) is 14.5 Å². The second-order valence-corrected chi connectivity index (χ2v) is 5.92. The summed E-state index contributed by atoms with van der Waals surface area (Å²) in [5.74, 6) is 0.857. The zero-order valence-electron chi connectivity index (χ0n) is 10.9. The number of H-pyrrole nitrogens is 1. The van der Waals surface area contributed by atoms with E-state index in [0.29, 0.717) is 6.04 Å². The molecule has 3 rings (SSSR count). The number of rotatable bonds is 1. The Hall–Kier alpha value is -1.16. The fourth-order valence-electron chi connectivity index (χ4n) is 2.94. The first-order valence-corrected chi connectivity index (χ1v) is 7.14. The van der Waals surface area contributed by atoms with Crippen molar-refractivity contribution < 1.29 is 0 Å². The molecule has 1 aliphatic rings. The minimum Gasteiger partial charge on any atom is -0.329 e. The van der Waals surface area contributed by atoms with Gasteiger partial charge in [-0.3, -0.25) is 4.57 Å². The molecule has 2 aromatic rings. The summed E-state index contributed by atoms with van der Waals surface area (Å²) >= 11 is 5.47. The Balaban J connectivity index is 2.08. The minimum absolute atomic E-state index is 0.525. The maximum absolute atomic E-state index is 5.47. The second kappa shape index (κ2) is 4.50. The second-order valence-electron chi connectivity index (χ2n) is 5.54. The van der Waals surface area contributed by atoms with Gasteiger partial charge in [0.1, 0.15) is 0 Å². The number of aromatic amines is 1. The van der Waals surface area contributed by atoms with E-state index in [1.54, 1.807) is 0 Å². The molecule has 0 aromatic carbocycles. The van der Waals surface area contributed by atoms with Crippen LogP contribution in [0.2, 0.25) is 0 Å². The molecule has 0 atom stereocenters. The first kappa shape index (κ1) is 11.9. The van der Waals surface area contributed by atoms with Gasteiger partial charge >= 0.3 is 0 Å². The van der Waals surface area contributed by atoms with Gasteiger partial charge in [-0.05, 0) is 62.9 Å². The number of hydrogen-bond donors (Lipinski definition) is 1. The standard InChI is InChI=1S/C14H19N3S/c1-9-3-6-11(7-4-9)17-13-12(16-14(17)18)8-5-10(2)15-13/h5,8-9,11H,3-4,6-7H2,1-2H3,(H,16,18). The molecule has 1 aliphatic carbocycles. The highest BCUT2D eigenvalue weighted by Gasteiger charge is 2.22. The molecular formula is C14H19N3S. The van der Waals surface area contributed by atoms with Crippen LogP contribution >= 0.6 is 12.2 Å². The normalized spacial score (nSPS) is 24.6. The summed E-state index contributed by atoms with van der Waals surface area (Å²) in [4.78, 5) is 7.93. The topological polar surface area (TPSA) is 33.6 Å². The van der Waals surface area contributed by atoms with Crippen molar-refractivity contribution in [2.24, 2.45) is 5.92 Å². The number of nitrogens with one attached hydrogen (secondary N) is 1. The van der Waals surface area contributed by atoms with Gasteiger partial charge in [-0.15, -0.1) is 0 Å². The third-order valence-corrected chi connectivity index (χ3v) is 4.35. The zero-order valence-corrected chi connectivity index (χ0v) is 11.8. The molecule has 1 saturated carbocycles. The maximum Gasteiger partial charge on any atom is 0.179 e. The summed E-state index contributed by atoms with van der Waals surface area (Å²) in [7, 11) is 0. The Bertz CT molecular complexity index is 617. The molecule has 0 aliphatic heterocycles. The molecule has 0 spiro atoms. The van der Waals surface area contributed by atoms with E-state index in [2.05, 4.69) is 27.5 Å². The Kier molecular flexibility index (Phi) is 2.98. The molecule has 96 valence electrons. The van der Waals surface area contributed by atoms with E-state index in [0.717, 1.165) is 27.5 Å². The van der Waals surface area contributed by atoms with Crippen LogP contribution in [-0.2, 0) is 0 Å². The Morgan fingerprint density at radius 2 is 2.00 bits per heavy atom. The van der Waals surface area contributed by atoms with Crippen LogP contribution in [0, 0.1) is 17.6 Å². The van der Waals surface area contributed by atoms with Crippen molar-refractivity contribution in [3.05, 3.63) is 22.6 Å². The average molecular weight is 261 g/mol. The van der Waals surface area contributed by atoms with Crippen molar-refractivity contribution >= 4 is 23.4 Å². The lowest BCUT2D eigenvalue weighted by Crippen LogP contribution is -2.17. The van der Waals surface area contributed by atoms with Crippen LogP contribution in [0.25, 0.3) is 11.2 Å². The Labute approximate surface area is 112 Å². The number of hydrogen-bond acceptors (Lipinski definition) is 2. The molecule has 18 heavy (non-hydrogen) atoms. The highest BCUT2D eigenvalue weighted by Crippen LogP contribution is 2.33. The van der Waals surface area contributed by atoms with E-state index in [1.807, 2.05) is 13.0 Å². The van der Waals surface area contributed by atoms with Crippen LogP contribution < -0.4 is 0 Å². The molecule has 4 heteroatoms. The average Bonchev–Trinajstić information content (AvgIpc) is 2.66. The fraction of sp³-hybridized carbons (Fsp3) is 0.571. The van der Waals surface area contributed by atoms with Crippen molar-refractivity contribution in [3.63, 3.8) is 0 Å². The third-order valence-electron chi connectivity index (χ3n) is 4.05. The predicted molar refractivity (Wildman–Crippen MR) is 76.3 cm³/mol. The molecular weight excluding hydrogens is 242 g/mol. The Morgan fingerprint density at radius 1 is 1.28 bits per heavy atom. The number of pyridine rings is 1. The SMILES string of the molecule is Cc1ccc2[nH]c(=S)n(C3CCC(C)CC3)c2n1. The van der Waals surface area contributed by atoms with Gasteiger partial charge in [-0.25, -0.2) is 4.98 Å². The van der Waals surface area contributed by atoms with E-state index >= 15 is 0 Å². The van der Waals surface area contributed by atoms with Crippen molar-refractivity contribution in [1.29, 1.82) is 0 Å². The summed E-state index contributed by atoms with van der Waals surface area (Å²) < 4.78 is 3.06. The summed E-state index contributed by atoms with van der Waals surface area (Å²) in [6, 6.07) is 4.63. The lowest BCUT2D eigenvalue weighted by atomic mass is 9.87. The monoisotopic (exact) mass is 261 g/mol. The minimum atomic E-state index is 0.525. The van der Waals surface area contributed by atoms with Crippen LogP contribution in [0.3, 0.4) is 0 Å². The molecule has 1 N–H and O–H groups in total. The smallest absolute Gasteiger partial charge is 0.179 e. The third kappa shape index (κ3) is 1.99. The molecule has 2 heterocycles. The van der Waals surface area contributed by atoms with Gasteiger partial charge in [0.2, 0.25) is 0 Å². The predicted octanol–water partition coefficient (Wildman–Crippen LogP) is 4.15. The van der Waals surface area contributed by atoms with E-state index in [-0.39, 0.29) is 0 Å². The fourth-order valence-corrected chi connectivity index (χ4v) is 3.28. The largest absolute Gasteiger partial charge is 0.329 e. The van der Waals surface area contributed by atoms with Crippen LogP contribution in [0.1, 0.15) is 44.3 Å². The van der Waals surface area contributed by atoms with Gasteiger partial charge in [-0.2, -0.15) is 0 Å². The number of fused-ring (bicyclic) bond motifs is 1. The van der Waals surface area contributed by atoms with Crippen molar-refractivity contribution in [2.75, 3.05) is 0 Å². The molecule has 3 nitrogen and oxygen atoms in total. The Morgan fingerprint density at radius 3 is 2.72 bits per heavy atom. The van der Waals surface area contributed by atoms with Crippen LogP contribution in [0.4, 0.5) is 0 Å². The van der Waals surface area contributed by atoms with Gasteiger partial charge in [0.25, 0.3) is 0 Å². The lowest BCUT2D eigenvalue weighted by Gasteiger charge is -2.27. The molecule has 1 fully saturated rings. The van der Waals surface area contributed by atoms with E-state index in [9.17, 15) is 0 Å². The number of nitrogens with zero attached hydrogens (tertiary/aromatic N) is 2. The highest BCUT2D eigenvalue weighted by atomic mass is 32.1.